The lowest BCUT2D eigenvalue weighted by molar-refractivity contribution is -0.137. The van der Waals surface area contributed by atoms with Gasteiger partial charge in [0, 0.05) is 17.8 Å². The Morgan fingerprint density at radius 2 is 1.46 bits per heavy atom. The zero-order valence-corrected chi connectivity index (χ0v) is 25.8. The maximum Gasteiger partial charge on any atom is 0.416 e. The Labute approximate surface area is 274 Å². The van der Waals surface area contributed by atoms with E-state index in [0.29, 0.717) is 39.1 Å². The van der Waals surface area contributed by atoms with Gasteiger partial charge in [0.1, 0.15) is 11.9 Å². The van der Waals surface area contributed by atoms with E-state index in [1.165, 1.54) is 30.3 Å². The molecule has 1 atom stereocenters. The summed E-state index contributed by atoms with van der Waals surface area (Å²) in [6.07, 6.45) is -4.57. The lowest BCUT2D eigenvalue weighted by Crippen LogP contribution is -2.40. The minimum atomic E-state index is -4.47. The van der Waals surface area contributed by atoms with Gasteiger partial charge in [-0.2, -0.15) is 13.2 Å². The summed E-state index contributed by atoms with van der Waals surface area (Å²) < 4.78 is 52.7. The Bertz CT molecular complexity index is 1930. The fourth-order valence-corrected chi connectivity index (χ4v) is 5.22. The third kappa shape index (κ3) is 8.52. The first-order chi connectivity index (χ1) is 23.0. The largest absolute Gasteiger partial charge is 0.416 e. The number of rotatable bonds is 10. The number of anilines is 1. The van der Waals surface area contributed by atoms with E-state index in [-0.39, 0.29) is 13.0 Å². The first-order valence-electron chi connectivity index (χ1n) is 15.0. The van der Waals surface area contributed by atoms with Crippen LogP contribution in [0.1, 0.15) is 44.2 Å². The highest BCUT2D eigenvalue weighted by molar-refractivity contribution is 6.09. The van der Waals surface area contributed by atoms with Crippen molar-refractivity contribution in [1.82, 2.24) is 10.6 Å². The van der Waals surface area contributed by atoms with Crippen LogP contribution in [0.5, 0.6) is 0 Å². The number of carbonyl (C=O) groups is 3. The van der Waals surface area contributed by atoms with E-state index in [2.05, 4.69) is 16.0 Å². The number of nitrogens with one attached hydrogen (secondary N) is 3. The Balaban J connectivity index is 1.25. The minimum absolute atomic E-state index is 0.102. The van der Waals surface area contributed by atoms with Gasteiger partial charge in [-0.25, -0.2) is 4.39 Å². The second kappa shape index (κ2) is 14.8. The predicted octanol–water partition coefficient (Wildman–Crippen LogP) is 7.79. The number of benzene rings is 5. The molecule has 5 aromatic rings. The predicted molar refractivity (Wildman–Crippen MR) is 175 cm³/mol. The van der Waals surface area contributed by atoms with Gasteiger partial charge in [0.05, 0.1) is 12.0 Å². The summed E-state index contributed by atoms with van der Waals surface area (Å²) in [4.78, 5) is 39.5. The zero-order chi connectivity index (χ0) is 34.3. The van der Waals surface area contributed by atoms with Gasteiger partial charge in [0.25, 0.3) is 5.91 Å². The van der Waals surface area contributed by atoms with Crippen LogP contribution in [-0.2, 0) is 28.7 Å². The molecule has 0 spiro atoms. The van der Waals surface area contributed by atoms with Crippen LogP contribution in [0.2, 0.25) is 0 Å². The van der Waals surface area contributed by atoms with E-state index in [0.717, 1.165) is 17.7 Å². The highest BCUT2D eigenvalue weighted by Crippen LogP contribution is 2.32. The van der Waals surface area contributed by atoms with Crippen molar-refractivity contribution in [2.24, 2.45) is 0 Å². The summed E-state index contributed by atoms with van der Waals surface area (Å²) in [6, 6.07) is 30.0. The molecule has 48 heavy (non-hydrogen) atoms. The fraction of sp³-hybridized carbons (Fsp3) is 0.132. The minimum Gasteiger partial charge on any atom is -0.350 e. The summed E-state index contributed by atoms with van der Waals surface area (Å²) in [5, 5.41) is 8.48. The van der Waals surface area contributed by atoms with Crippen LogP contribution in [0.4, 0.5) is 23.2 Å². The number of carbonyl (C=O) groups excluding carboxylic acids is 3. The van der Waals surface area contributed by atoms with Crippen LogP contribution < -0.4 is 16.0 Å². The van der Waals surface area contributed by atoms with Crippen LogP contribution in [-0.4, -0.2) is 17.7 Å². The SMILES string of the molecule is Cc1cc(CNC(=O)C(NC(=O)Cc2cccc(F)c2)c2ccccc2)ccc1NC(=O)c1ccccc1-c1ccc(C(F)(F)F)cc1. The van der Waals surface area contributed by atoms with Crippen molar-refractivity contribution in [3.63, 3.8) is 0 Å². The molecule has 5 aromatic carbocycles. The maximum absolute atomic E-state index is 13.6. The van der Waals surface area contributed by atoms with Gasteiger partial charge in [0.2, 0.25) is 11.8 Å². The van der Waals surface area contributed by atoms with E-state index in [4.69, 9.17) is 0 Å². The second-order valence-electron chi connectivity index (χ2n) is 11.2. The number of hydrogen-bond donors (Lipinski definition) is 3. The van der Waals surface area contributed by atoms with Crippen molar-refractivity contribution < 1.29 is 31.9 Å². The van der Waals surface area contributed by atoms with Crippen LogP contribution >= 0.6 is 0 Å². The second-order valence-corrected chi connectivity index (χ2v) is 11.2. The molecule has 0 fully saturated rings. The topological polar surface area (TPSA) is 87.3 Å². The highest BCUT2D eigenvalue weighted by Gasteiger charge is 2.30. The molecule has 0 heterocycles. The number of aryl methyl sites for hydroxylation is 1. The number of hydrogen-bond acceptors (Lipinski definition) is 3. The van der Waals surface area contributed by atoms with Crippen molar-refractivity contribution in [2.75, 3.05) is 5.32 Å². The summed E-state index contributed by atoms with van der Waals surface area (Å²) in [7, 11) is 0. The third-order valence-corrected chi connectivity index (χ3v) is 7.65. The Morgan fingerprint density at radius 3 is 2.15 bits per heavy atom. The Kier molecular flexibility index (Phi) is 10.3. The smallest absolute Gasteiger partial charge is 0.350 e. The molecule has 0 radical (unpaired) electrons. The highest BCUT2D eigenvalue weighted by atomic mass is 19.4. The lowest BCUT2D eigenvalue weighted by Gasteiger charge is -2.19. The molecule has 0 aliphatic rings. The van der Waals surface area contributed by atoms with Crippen molar-refractivity contribution >= 4 is 23.4 Å². The number of alkyl halides is 3. The standard InChI is InChI=1S/C38H31F4N3O3/c1-24-20-26(23-43-37(48)35(28-9-3-2-4-10-28)45-34(46)22-25-8-7-11-30(39)21-25)14-19-33(24)44-36(47)32-13-6-5-12-31(32)27-15-17-29(18-16-27)38(40,41)42/h2-21,35H,22-23H2,1H3,(H,43,48)(H,44,47)(H,45,46). The molecule has 10 heteroatoms. The molecule has 0 saturated heterocycles. The van der Waals surface area contributed by atoms with Gasteiger partial charge < -0.3 is 16.0 Å². The van der Waals surface area contributed by atoms with Crippen molar-refractivity contribution in [3.05, 3.63) is 161 Å². The van der Waals surface area contributed by atoms with Crippen LogP contribution in [0.25, 0.3) is 11.1 Å². The lowest BCUT2D eigenvalue weighted by atomic mass is 9.98. The van der Waals surface area contributed by atoms with Crippen molar-refractivity contribution in [1.29, 1.82) is 0 Å². The Hall–Kier alpha value is -5.77. The van der Waals surface area contributed by atoms with Gasteiger partial charge in [-0.05, 0) is 76.7 Å². The van der Waals surface area contributed by atoms with Gasteiger partial charge in [-0.15, -0.1) is 0 Å². The summed E-state index contributed by atoms with van der Waals surface area (Å²) in [5.74, 6) is -1.78. The first kappa shape index (κ1) is 33.6. The maximum atomic E-state index is 13.6. The third-order valence-electron chi connectivity index (χ3n) is 7.65. The van der Waals surface area contributed by atoms with Gasteiger partial charge in [0.15, 0.2) is 0 Å². The quantitative estimate of drug-likeness (QED) is 0.135. The fourth-order valence-electron chi connectivity index (χ4n) is 5.22. The molecule has 0 aliphatic carbocycles. The van der Waals surface area contributed by atoms with E-state index in [9.17, 15) is 31.9 Å². The van der Waals surface area contributed by atoms with Crippen molar-refractivity contribution in [2.45, 2.75) is 32.1 Å². The first-order valence-corrected chi connectivity index (χ1v) is 15.0. The number of amides is 3. The summed E-state index contributed by atoms with van der Waals surface area (Å²) in [5.41, 5.74) is 3.49. The molecule has 0 aromatic heterocycles. The average Bonchev–Trinajstić information content (AvgIpc) is 3.07. The summed E-state index contributed by atoms with van der Waals surface area (Å²) in [6.45, 7) is 1.93. The molecule has 0 saturated carbocycles. The molecule has 244 valence electrons. The van der Waals surface area contributed by atoms with Crippen molar-refractivity contribution in [3.8, 4) is 11.1 Å². The van der Waals surface area contributed by atoms with Crippen LogP contribution in [0.3, 0.4) is 0 Å². The molecule has 6 nitrogen and oxygen atoms in total. The Morgan fingerprint density at radius 1 is 0.750 bits per heavy atom. The normalized spacial score (nSPS) is 11.8. The average molecular weight is 654 g/mol. The molecule has 1 unspecified atom stereocenters. The zero-order valence-electron chi connectivity index (χ0n) is 25.8. The summed E-state index contributed by atoms with van der Waals surface area (Å²) >= 11 is 0. The monoisotopic (exact) mass is 653 g/mol. The van der Waals surface area contributed by atoms with E-state index < -0.39 is 41.3 Å². The number of halogens is 4. The molecule has 0 bridgehead atoms. The molecular weight excluding hydrogens is 622 g/mol. The van der Waals surface area contributed by atoms with E-state index in [1.54, 1.807) is 85.8 Å². The molecule has 3 amide bonds. The molecule has 0 aliphatic heterocycles. The molecule has 5 rings (SSSR count). The van der Waals surface area contributed by atoms with Crippen LogP contribution in [0, 0.1) is 12.7 Å². The van der Waals surface area contributed by atoms with Crippen LogP contribution in [0.15, 0.2) is 121 Å². The molecule has 3 N–H and O–H groups in total. The molecular formula is C38H31F4N3O3. The van der Waals surface area contributed by atoms with Gasteiger partial charge in [-0.1, -0.05) is 84.9 Å². The van der Waals surface area contributed by atoms with Gasteiger partial charge in [-0.3, -0.25) is 14.4 Å². The van der Waals surface area contributed by atoms with Gasteiger partial charge >= 0.3 is 6.18 Å². The van der Waals surface area contributed by atoms with E-state index in [1.807, 2.05) is 0 Å². The van der Waals surface area contributed by atoms with E-state index >= 15 is 0 Å².